The van der Waals surface area contributed by atoms with Gasteiger partial charge in [0.25, 0.3) is 6.43 Å². The molecule has 15 heteroatoms. The van der Waals surface area contributed by atoms with E-state index in [4.69, 9.17) is 10.5 Å². The summed E-state index contributed by atoms with van der Waals surface area (Å²) in [6.45, 7) is 4.98. The van der Waals surface area contributed by atoms with Gasteiger partial charge in [0.05, 0.1) is 43.5 Å². The van der Waals surface area contributed by atoms with E-state index >= 15 is 13.2 Å². The zero-order chi connectivity index (χ0) is 30.7. The van der Waals surface area contributed by atoms with E-state index in [1.165, 1.54) is 6.20 Å². The summed E-state index contributed by atoms with van der Waals surface area (Å²) in [6, 6.07) is 0.626. The molecule has 3 fully saturated rings. The first-order valence-corrected chi connectivity index (χ1v) is 15.5. The fourth-order valence-electron chi connectivity index (χ4n) is 6.98. The number of fused-ring (bicyclic) bond motifs is 3. The third kappa shape index (κ3) is 4.88. The van der Waals surface area contributed by atoms with Crippen molar-refractivity contribution < 1.29 is 26.7 Å². The van der Waals surface area contributed by atoms with Gasteiger partial charge in [-0.15, -0.1) is 0 Å². The summed E-state index contributed by atoms with van der Waals surface area (Å²) in [4.78, 5) is 21.5. The summed E-state index contributed by atoms with van der Waals surface area (Å²) in [5, 5.41) is 3.63. The van der Waals surface area contributed by atoms with Crippen molar-refractivity contribution in [2.75, 3.05) is 50.0 Å². The Balaban J connectivity index is 1.40. The van der Waals surface area contributed by atoms with E-state index in [0.717, 1.165) is 37.1 Å². The van der Waals surface area contributed by atoms with Gasteiger partial charge in [-0.25, -0.2) is 26.9 Å². The maximum absolute atomic E-state index is 15.4. The lowest BCUT2D eigenvalue weighted by atomic mass is 9.95. The SMILES string of the molecule is CCC1CN(c2nc(OC[C@@]34CCCN3C[C@H](F)C4)nc3c(C(F)F)c(-c4c(F)cc(F)c5sc(N)nc45)ncc23)CCN1. The van der Waals surface area contributed by atoms with E-state index in [9.17, 15) is 8.78 Å². The topological polar surface area (TPSA) is 105 Å². The Labute approximate surface area is 253 Å². The van der Waals surface area contributed by atoms with Crippen LogP contribution < -0.4 is 20.7 Å². The zero-order valence-corrected chi connectivity index (χ0v) is 24.7. The summed E-state index contributed by atoms with van der Waals surface area (Å²) in [6.07, 6.45) is 0.0259. The lowest BCUT2D eigenvalue weighted by Gasteiger charge is -2.35. The van der Waals surface area contributed by atoms with Crippen molar-refractivity contribution in [3.05, 3.63) is 29.5 Å². The number of nitrogen functional groups attached to an aromatic ring is 1. The van der Waals surface area contributed by atoms with Crippen LogP contribution in [0.4, 0.5) is 32.9 Å². The van der Waals surface area contributed by atoms with Crippen molar-refractivity contribution in [1.82, 2.24) is 30.2 Å². The van der Waals surface area contributed by atoms with Gasteiger partial charge < -0.3 is 20.7 Å². The Morgan fingerprint density at radius 3 is 2.80 bits per heavy atom. The molecule has 0 saturated carbocycles. The van der Waals surface area contributed by atoms with Crippen LogP contribution in [0.15, 0.2) is 12.3 Å². The average molecular weight is 635 g/mol. The molecule has 0 bridgehead atoms. The number of thiazole rings is 1. The summed E-state index contributed by atoms with van der Waals surface area (Å²) >= 11 is 0.787. The van der Waals surface area contributed by atoms with Crippen LogP contribution >= 0.6 is 11.3 Å². The number of piperazine rings is 1. The Hall–Kier alpha value is -3.43. The lowest BCUT2D eigenvalue weighted by Crippen LogP contribution is -2.50. The molecule has 6 heterocycles. The van der Waals surface area contributed by atoms with Crippen LogP contribution in [0.1, 0.15) is 44.6 Å². The van der Waals surface area contributed by atoms with Crippen LogP contribution in [0.2, 0.25) is 0 Å². The molecule has 3 aliphatic heterocycles. The smallest absolute Gasteiger partial charge is 0.319 e. The largest absolute Gasteiger partial charge is 0.461 e. The average Bonchev–Trinajstić information content (AvgIpc) is 3.66. The number of ether oxygens (including phenoxy) is 1. The minimum atomic E-state index is -3.15. The van der Waals surface area contributed by atoms with Crippen LogP contribution in [0, 0.1) is 11.6 Å². The van der Waals surface area contributed by atoms with Crippen molar-refractivity contribution in [2.45, 2.75) is 56.8 Å². The van der Waals surface area contributed by atoms with Gasteiger partial charge in [-0.1, -0.05) is 18.3 Å². The van der Waals surface area contributed by atoms with E-state index in [2.05, 4.69) is 30.2 Å². The summed E-state index contributed by atoms with van der Waals surface area (Å²) in [5.41, 5.74) is 3.47. The minimum absolute atomic E-state index is 0.0441. The van der Waals surface area contributed by atoms with Crippen molar-refractivity contribution >= 4 is 43.4 Å². The number of nitrogens with one attached hydrogen (secondary N) is 1. The van der Waals surface area contributed by atoms with E-state index < -0.39 is 41.0 Å². The van der Waals surface area contributed by atoms with Gasteiger partial charge in [-0.2, -0.15) is 9.97 Å². The Bertz CT molecular complexity index is 1740. The predicted molar refractivity (Wildman–Crippen MR) is 158 cm³/mol. The molecule has 3 aromatic heterocycles. The van der Waals surface area contributed by atoms with Gasteiger partial charge in [-0.3, -0.25) is 9.88 Å². The first-order valence-electron chi connectivity index (χ1n) is 14.7. The molecule has 1 unspecified atom stereocenters. The monoisotopic (exact) mass is 634 g/mol. The molecule has 4 aromatic rings. The van der Waals surface area contributed by atoms with Crippen molar-refractivity contribution in [1.29, 1.82) is 0 Å². The second-order valence-electron chi connectivity index (χ2n) is 11.7. The number of hydrogen-bond acceptors (Lipinski definition) is 10. The fourth-order valence-corrected chi connectivity index (χ4v) is 7.73. The van der Waals surface area contributed by atoms with Crippen molar-refractivity contribution in [2.24, 2.45) is 0 Å². The number of rotatable bonds is 7. The molecule has 3 N–H and O–H groups in total. The molecule has 3 aliphatic rings. The maximum Gasteiger partial charge on any atom is 0.319 e. The number of anilines is 2. The second-order valence-corrected chi connectivity index (χ2v) is 12.8. The normalized spacial score (nSPS) is 24.2. The molecule has 0 radical (unpaired) electrons. The molecule has 0 amide bonds. The van der Waals surface area contributed by atoms with Crippen LogP contribution in [0.25, 0.3) is 32.4 Å². The molecule has 3 saturated heterocycles. The Morgan fingerprint density at radius 2 is 2.00 bits per heavy atom. The number of pyridine rings is 1. The Morgan fingerprint density at radius 1 is 1.16 bits per heavy atom. The standard InChI is InChI=1S/C29H31F5N8OS/c1-2-15-12-41(7-5-36-15)26-16-10-37-22(19-17(31)8-18(32)24-23(19)38-27(35)44-24)20(25(33)34)21(16)39-28(40-26)43-13-29-4-3-6-42(29)11-14(30)9-29/h8,10,14-15,25,36H,2-7,9,11-13H2,1H3,(H2,35,38)/t14-,15?,29+/m1/s1. The highest BCUT2D eigenvalue weighted by Gasteiger charge is 2.49. The molecule has 0 spiro atoms. The molecule has 7 rings (SSSR count). The number of nitrogens with two attached hydrogens (primary N) is 1. The van der Waals surface area contributed by atoms with Crippen LogP contribution in [0.5, 0.6) is 6.01 Å². The highest BCUT2D eigenvalue weighted by Crippen LogP contribution is 2.44. The van der Waals surface area contributed by atoms with Crippen molar-refractivity contribution in [3.8, 4) is 17.3 Å². The third-order valence-electron chi connectivity index (χ3n) is 9.06. The number of hydrogen-bond donors (Lipinski definition) is 2. The molecule has 3 atom stereocenters. The van der Waals surface area contributed by atoms with Gasteiger partial charge in [0.1, 0.15) is 30.2 Å². The van der Waals surface area contributed by atoms with Crippen LogP contribution in [0.3, 0.4) is 0 Å². The van der Waals surface area contributed by atoms with Gasteiger partial charge in [0.15, 0.2) is 5.13 Å². The highest BCUT2D eigenvalue weighted by molar-refractivity contribution is 7.22. The zero-order valence-electron chi connectivity index (χ0n) is 23.9. The third-order valence-corrected chi connectivity index (χ3v) is 9.95. The molecule has 44 heavy (non-hydrogen) atoms. The molecule has 0 aliphatic carbocycles. The summed E-state index contributed by atoms with van der Waals surface area (Å²) < 4.78 is 80.6. The second kappa shape index (κ2) is 11.2. The van der Waals surface area contributed by atoms with Crippen LogP contribution in [-0.4, -0.2) is 81.9 Å². The number of aromatic nitrogens is 4. The van der Waals surface area contributed by atoms with E-state index in [-0.39, 0.29) is 50.5 Å². The maximum atomic E-state index is 15.4. The minimum Gasteiger partial charge on any atom is -0.461 e. The number of halogens is 5. The molecular weight excluding hydrogens is 603 g/mol. The fraction of sp³-hybridized carbons (Fsp3) is 0.517. The van der Waals surface area contributed by atoms with Gasteiger partial charge in [-0.05, 0) is 25.8 Å². The molecule has 234 valence electrons. The number of alkyl halides is 3. The quantitative estimate of drug-likeness (QED) is 0.264. The molecule has 1 aromatic carbocycles. The summed E-state index contributed by atoms with van der Waals surface area (Å²) in [7, 11) is 0. The van der Waals surface area contributed by atoms with E-state index in [0.29, 0.717) is 44.5 Å². The number of benzene rings is 1. The van der Waals surface area contributed by atoms with Crippen molar-refractivity contribution in [3.63, 3.8) is 0 Å². The first-order chi connectivity index (χ1) is 21.2. The molecular formula is C29H31F5N8OS. The van der Waals surface area contributed by atoms with Gasteiger partial charge in [0.2, 0.25) is 0 Å². The van der Waals surface area contributed by atoms with Gasteiger partial charge in [0, 0.05) is 50.9 Å². The number of nitrogens with zero attached hydrogens (tertiary/aromatic N) is 6. The van der Waals surface area contributed by atoms with Gasteiger partial charge >= 0.3 is 6.01 Å². The Kier molecular flexibility index (Phi) is 7.44. The summed E-state index contributed by atoms with van der Waals surface area (Å²) in [5.74, 6) is -1.64. The van der Waals surface area contributed by atoms with Crippen LogP contribution in [-0.2, 0) is 0 Å². The molecule has 9 nitrogen and oxygen atoms in total. The predicted octanol–water partition coefficient (Wildman–Crippen LogP) is 5.24. The van der Waals surface area contributed by atoms with E-state index in [1.807, 2.05) is 11.8 Å². The highest BCUT2D eigenvalue weighted by atomic mass is 32.1. The first kappa shape index (κ1) is 29.3. The van der Waals surface area contributed by atoms with E-state index in [1.54, 1.807) is 0 Å². The lowest BCUT2D eigenvalue weighted by molar-refractivity contribution is 0.107.